The van der Waals surface area contributed by atoms with E-state index in [0.717, 1.165) is 21.7 Å². The number of imidazole rings is 1. The van der Waals surface area contributed by atoms with Crippen LogP contribution in [0.3, 0.4) is 0 Å². The molecule has 78 valence electrons. The van der Waals surface area contributed by atoms with E-state index in [1.54, 1.807) is 13.3 Å². The molecule has 0 aliphatic carbocycles. The summed E-state index contributed by atoms with van der Waals surface area (Å²) in [7, 11) is 1.66. The molecule has 0 unspecified atom stereocenters. The van der Waals surface area contributed by atoms with E-state index in [1.807, 2.05) is 35.9 Å². The second-order valence-electron chi connectivity index (χ2n) is 3.16. The summed E-state index contributed by atoms with van der Waals surface area (Å²) in [4.78, 5) is 4.18. The summed E-state index contributed by atoms with van der Waals surface area (Å²) < 4.78 is 8.20. The van der Waals surface area contributed by atoms with E-state index in [2.05, 4.69) is 20.9 Å². The number of hydrogen-bond donors (Lipinski definition) is 0. The maximum Gasteiger partial charge on any atom is 0.135 e. The number of benzene rings is 1. The highest BCUT2D eigenvalue weighted by Crippen LogP contribution is 2.27. The zero-order chi connectivity index (χ0) is 10.8. The van der Waals surface area contributed by atoms with Crippen LogP contribution in [0, 0.1) is 6.92 Å². The van der Waals surface area contributed by atoms with Gasteiger partial charge in [-0.25, -0.2) is 4.98 Å². The summed E-state index contributed by atoms with van der Waals surface area (Å²) >= 11 is 3.42. The first kappa shape index (κ1) is 10.2. The lowest BCUT2D eigenvalue weighted by molar-refractivity contribution is 0.412. The second-order valence-corrected chi connectivity index (χ2v) is 4.02. The first-order valence-corrected chi connectivity index (χ1v) is 5.35. The number of methoxy groups -OCH3 is 1. The SMILES string of the molecule is COc1cc(-n2ccnc2C)ccc1Br. The number of nitrogens with zero attached hydrogens (tertiary/aromatic N) is 2. The summed E-state index contributed by atoms with van der Waals surface area (Å²) in [5.74, 6) is 1.78. The van der Waals surface area contributed by atoms with Gasteiger partial charge in [-0.15, -0.1) is 0 Å². The van der Waals surface area contributed by atoms with Crippen molar-refractivity contribution in [2.75, 3.05) is 7.11 Å². The number of ether oxygens (including phenoxy) is 1. The predicted molar refractivity (Wildman–Crippen MR) is 62.6 cm³/mol. The molecule has 15 heavy (non-hydrogen) atoms. The Kier molecular flexibility index (Phi) is 2.77. The van der Waals surface area contributed by atoms with Crippen LogP contribution >= 0.6 is 15.9 Å². The number of aryl methyl sites for hydroxylation is 1. The fraction of sp³-hybridized carbons (Fsp3) is 0.182. The minimum Gasteiger partial charge on any atom is -0.495 e. The van der Waals surface area contributed by atoms with Crippen LogP contribution in [0.15, 0.2) is 35.1 Å². The molecular formula is C11H11BrN2O. The lowest BCUT2D eigenvalue weighted by Gasteiger charge is -2.08. The van der Waals surface area contributed by atoms with Gasteiger partial charge in [0.2, 0.25) is 0 Å². The molecule has 4 heteroatoms. The van der Waals surface area contributed by atoms with Gasteiger partial charge in [0, 0.05) is 18.5 Å². The molecule has 0 amide bonds. The van der Waals surface area contributed by atoms with E-state index in [9.17, 15) is 0 Å². The Balaban J connectivity index is 2.51. The van der Waals surface area contributed by atoms with Gasteiger partial charge in [0.15, 0.2) is 0 Å². The van der Waals surface area contributed by atoms with Gasteiger partial charge < -0.3 is 9.30 Å². The molecule has 0 radical (unpaired) electrons. The third-order valence-electron chi connectivity index (χ3n) is 2.24. The Hall–Kier alpha value is -1.29. The third-order valence-corrected chi connectivity index (χ3v) is 2.89. The van der Waals surface area contributed by atoms with E-state index in [4.69, 9.17) is 4.74 Å². The molecule has 0 fully saturated rings. The average Bonchev–Trinajstić information content (AvgIpc) is 2.65. The summed E-state index contributed by atoms with van der Waals surface area (Å²) in [5.41, 5.74) is 1.05. The summed E-state index contributed by atoms with van der Waals surface area (Å²) in [6.45, 7) is 1.97. The van der Waals surface area contributed by atoms with Gasteiger partial charge in [0.1, 0.15) is 11.6 Å². The van der Waals surface area contributed by atoms with Crippen LogP contribution in [0.5, 0.6) is 5.75 Å². The van der Waals surface area contributed by atoms with Crippen LogP contribution in [0.4, 0.5) is 0 Å². The number of aromatic nitrogens is 2. The molecule has 0 bridgehead atoms. The van der Waals surface area contributed by atoms with Crippen molar-refractivity contribution >= 4 is 15.9 Å². The summed E-state index contributed by atoms with van der Waals surface area (Å²) in [6.07, 6.45) is 3.71. The van der Waals surface area contributed by atoms with Gasteiger partial charge in [-0.3, -0.25) is 0 Å². The number of halogens is 1. The fourth-order valence-electron chi connectivity index (χ4n) is 1.45. The van der Waals surface area contributed by atoms with Gasteiger partial charge in [-0.1, -0.05) is 0 Å². The van der Waals surface area contributed by atoms with E-state index < -0.39 is 0 Å². The smallest absolute Gasteiger partial charge is 0.135 e. The maximum absolute atomic E-state index is 5.24. The fourth-order valence-corrected chi connectivity index (χ4v) is 1.86. The highest BCUT2D eigenvalue weighted by Gasteiger charge is 2.04. The zero-order valence-electron chi connectivity index (χ0n) is 8.57. The Morgan fingerprint density at radius 2 is 2.20 bits per heavy atom. The lowest BCUT2D eigenvalue weighted by Crippen LogP contribution is -1.96. The van der Waals surface area contributed by atoms with Gasteiger partial charge in [0.25, 0.3) is 0 Å². The molecule has 0 spiro atoms. The normalized spacial score (nSPS) is 10.3. The van der Waals surface area contributed by atoms with E-state index in [0.29, 0.717) is 0 Å². The van der Waals surface area contributed by atoms with Crippen molar-refractivity contribution in [3.8, 4) is 11.4 Å². The monoisotopic (exact) mass is 266 g/mol. The van der Waals surface area contributed by atoms with Crippen LogP contribution in [0.2, 0.25) is 0 Å². The Morgan fingerprint density at radius 3 is 2.80 bits per heavy atom. The van der Waals surface area contributed by atoms with Crippen LogP contribution in [0.1, 0.15) is 5.82 Å². The molecule has 0 aliphatic rings. The largest absolute Gasteiger partial charge is 0.495 e. The molecule has 0 atom stereocenters. The lowest BCUT2D eigenvalue weighted by atomic mass is 10.3. The molecule has 0 saturated heterocycles. The summed E-state index contributed by atoms with van der Waals surface area (Å²) in [6, 6.07) is 5.95. The molecule has 2 rings (SSSR count). The Bertz CT molecular complexity index is 479. The third kappa shape index (κ3) is 1.90. The molecule has 0 N–H and O–H groups in total. The Morgan fingerprint density at radius 1 is 1.40 bits per heavy atom. The molecule has 3 nitrogen and oxygen atoms in total. The molecule has 2 aromatic rings. The second kappa shape index (κ2) is 4.06. The van der Waals surface area contributed by atoms with Gasteiger partial charge >= 0.3 is 0 Å². The molecule has 1 aromatic carbocycles. The number of hydrogen-bond acceptors (Lipinski definition) is 2. The van der Waals surface area contributed by atoms with Crippen molar-refractivity contribution in [2.45, 2.75) is 6.92 Å². The highest BCUT2D eigenvalue weighted by molar-refractivity contribution is 9.10. The van der Waals surface area contributed by atoms with Crippen molar-refractivity contribution in [1.29, 1.82) is 0 Å². The van der Waals surface area contributed by atoms with E-state index in [1.165, 1.54) is 0 Å². The van der Waals surface area contributed by atoms with Crippen molar-refractivity contribution < 1.29 is 4.74 Å². The maximum atomic E-state index is 5.24. The molecular weight excluding hydrogens is 256 g/mol. The zero-order valence-corrected chi connectivity index (χ0v) is 10.2. The van der Waals surface area contributed by atoms with Crippen molar-refractivity contribution in [3.63, 3.8) is 0 Å². The minimum absolute atomic E-state index is 0.820. The van der Waals surface area contributed by atoms with Gasteiger partial charge in [-0.05, 0) is 35.0 Å². The van der Waals surface area contributed by atoms with Crippen LogP contribution < -0.4 is 4.74 Å². The van der Waals surface area contributed by atoms with Gasteiger partial charge in [0.05, 0.1) is 17.3 Å². The van der Waals surface area contributed by atoms with Crippen molar-refractivity contribution in [1.82, 2.24) is 9.55 Å². The van der Waals surface area contributed by atoms with Crippen molar-refractivity contribution in [3.05, 3.63) is 40.9 Å². The van der Waals surface area contributed by atoms with Gasteiger partial charge in [-0.2, -0.15) is 0 Å². The topological polar surface area (TPSA) is 27.1 Å². The minimum atomic E-state index is 0.820. The van der Waals surface area contributed by atoms with E-state index >= 15 is 0 Å². The predicted octanol–water partition coefficient (Wildman–Crippen LogP) is 2.95. The average molecular weight is 267 g/mol. The summed E-state index contributed by atoms with van der Waals surface area (Å²) in [5, 5.41) is 0. The Labute approximate surface area is 96.8 Å². The quantitative estimate of drug-likeness (QED) is 0.836. The molecule has 0 aliphatic heterocycles. The standard InChI is InChI=1S/C11H11BrN2O/c1-8-13-5-6-14(8)9-3-4-10(12)11(7-9)15-2/h3-7H,1-2H3. The van der Waals surface area contributed by atoms with Crippen LogP contribution in [0.25, 0.3) is 5.69 Å². The van der Waals surface area contributed by atoms with E-state index in [-0.39, 0.29) is 0 Å². The first-order chi connectivity index (χ1) is 7.22. The highest BCUT2D eigenvalue weighted by atomic mass is 79.9. The molecule has 0 saturated carbocycles. The molecule has 1 heterocycles. The molecule has 1 aromatic heterocycles. The van der Waals surface area contributed by atoms with Crippen LogP contribution in [-0.4, -0.2) is 16.7 Å². The van der Waals surface area contributed by atoms with Crippen LogP contribution in [-0.2, 0) is 0 Å². The van der Waals surface area contributed by atoms with Crippen molar-refractivity contribution in [2.24, 2.45) is 0 Å². The first-order valence-electron chi connectivity index (χ1n) is 4.56. The number of rotatable bonds is 2.